The van der Waals surface area contributed by atoms with Crippen molar-refractivity contribution in [3.8, 4) is 0 Å². The smallest absolute Gasteiger partial charge is 0.243 e. The van der Waals surface area contributed by atoms with E-state index in [2.05, 4.69) is 10.2 Å². The highest BCUT2D eigenvalue weighted by Gasteiger charge is 2.41. The topological polar surface area (TPSA) is 57.2 Å². The van der Waals surface area contributed by atoms with Gasteiger partial charge in [0.25, 0.3) is 0 Å². The molecular weight excluding hydrogens is 455 g/mol. The van der Waals surface area contributed by atoms with Gasteiger partial charge in [-0.1, -0.05) is 6.42 Å². The number of rotatable bonds is 4. The number of hydrogen-bond acceptors (Lipinski definition) is 3. The van der Waals surface area contributed by atoms with E-state index < -0.39 is 0 Å². The van der Waals surface area contributed by atoms with Crippen LogP contribution in [0, 0.1) is 23.7 Å². The van der Waals surface area contributed by atoms with Gasteiger partial charge in [0.1, 0.15) is 6.54 Å². The Morgan fingerprint density at radius 2 is 2.00 bits per heavy atom. The predicted octanol–water partition coefficient (Wildman–Crippen LogP) is 2.19. The Morgan fingerprint density at radius 1 is 1.15 bits per heavy atom. The van der Waals surface area contributed by atoms with Crippen molar-refractivity contribution in [3.05, 3.63) is 0 Å². The first-order chi connectivity index (χ1) is 12.6. The van der Waals surface area contributed by atoms with Gasteiger partial charge >= 0.3 is 0 Å². The third-order valence-corrected chi connectivity index (χ3v) is 7.07. The number of nitrogens with zero attached hydrogens (tertiary/aromatic N) is 3. The van der Waals surface area contributed by atoms with Crippen LogP contribution in [0.3, 0.4) is 0 Å². The maximum Gasteiger partial charge on any atom is 0.243 e. The van der Waals surface area contributed by atoms with Crippen LogP contribution in [0.15, 0.2) is 4.99 Å². The third-order valence-electron chi connectivity index (χ3n) is 7.07. The second-order valence-electron chi connectivity index (χ2n) is 8.97. The molecule has 0 aromatic rings. The fourth-order valence-electron chi connectivity index (χ4n) is 5.40. The van der Waals surface area contributed by atoms with Crippen LogP contribution in [-0.4, -0.2) is 74.7 Å². The van der Waals surface area contributed by atoms with Crippen LogP contribution in [0.4, 0.5) is 0 Å². The van der Waals surface area contributed by atoms with Crippen molar-refractivity contribution in [1.29, 1.82) is 0 Å². The van der Waals surface area contributed by atoms with Crippen LogP contribution in [0.25, 0.3) is 0 Å². The standard InChI is InChI=1S/C20H34N4O2.HI/c1-23(2)19(25)11-21-20(22-18-10-14-3-4-15(18)9-14)24-7-5-16(12-24)17-6-8-26-13-17;/h14-18H,3-13H2,1-2H3,(H,21,22);1H. The summed E-state index contributed by atoms with van der Waals surface area (Å²) in [6.45, 7) is 4.18. The van der Waals surface area contributed by atoms with Gasteiger partial charge in [-0.05, 0) is 55.8 Å². The monoisotopic (exact) mass is 490 g/mol. The molecular formula is C20H35IN4O2. The highest BCUT2D eigenvalue weighted by atomic mass is 127. The van der Waals surface area contributed by atoms with Crippen LogP contribution in [0.1, 0.15) is 38.5 Å². The number of amides is 1. The molecule has 0 spiro atoms. The van der Waals surface area contributed by atoms with E-state index in [0.717, 1.165) is 44.1 Å². The van der Waals surface area contributed by atoms with Crippen LogP contribution in [0.5, 0.6) is 0 Å². The Labute approximate surface area is 180 Å². The average Bonchev–Trinajstić information content (AvgIpc) is 3.41. The Kier molecular flexibility index (Phi) is 7.27. The summed E-state index contributed by atoms with van der Waals surface area (Å²) in [4.78, 5) is 20.8. The molecule has 154 valence electrons. The van der Waals surface area contributed by atoms with Crippen LogP contribution < -0.4 is 5.32 Å². The number of nitrogens with one attached hydrogen (secondary N) is 1. The van der Waals surface area contributed by atoms with Gasteiger partial charge in [0, 0.05) is 46.4 Å². The zero-order valence-corrected chi connectivity index (χ0v) is 19.1. The first-order valence-electron chi connectivity index (χ1n) is 10.4. The molecule has 2 bridgehead atoms. The SMILES string of the molecule is CN(C)C(=O)CN=C(NC1CC2CCC1C2)N1CCC(C2CCOC2)C1.I. The van der Waals surface area contributed by atoms with E-state index in [-0.39, 0.29) is 36.4 Å². The fraction of sp³-hybridized carbons (Fsp3) is 0.900. The minimum atomic E-state index is 0. The summed E-state index contributed by atoms with van der Waals surface area (Å²) >= 11 is 0. The molecule has 2 aliphatic carbocycles. The van der Waals surface area contributed by atoms with Gasteiger partial charge in [-0.3, -0.25) is 4.79 Å². The summed E-state index contributed by atoms with van der Waals surface area (Å²) < 4.78 is 5.60. The summed E-state index contributed by atoms with van der Waals surface area (Å²) in [5.74, 6) is 4.15. The maximum atomic E-state index is 12.1. The van der Waals surface area contributed by atoms with E-state index in [9.17, 15) is 4.79 Å². The Bertz CT molecular complexity index is 550. The van der Waals surface area contributed by atoms with Gasteiger partial charge in [-0.25, -0.2) is 4.99 Å². The van der Waals surface area contributed by atoms with E-state index >= 15 is 0 Å². The van der Waals surface area contributed by atoms with E-state index in [0.29, 0.717) is 17.9 Å². The van der Waals surface area contributed by atoms with Gasteiger partial charge in [0.2, 0.25) is 5.91 Å². The Balaban J connectivity index is 0.00000210. The fourth-order valence-corrected chi connectivity index (χ4v) is 5.40. The molecule has 4 fully saturated rings. The number of halogens is 1. The van der Waals surface area contributed by atoms with Crippen molar-refractivity contribution < 1.29 is 9.53 Å². The zero-order valence-electron chi connectivity index (χ0n) is 16.7. The molecule has 6 nitrogen and oxygen atoms in total. The largest absolute Gasteiger partial charge is 0.381 e. The van der Waals surface area contributed by atoms with E-state index in [1.807, 2.05) is 0 Å². The molecule has 1 N–H and O–H groups in total. The van der Waals surface area contributed by atoms with Crippen LogP contribution in [-0.2, 0) is 9.53 Å². The van der Waals surface area contributed by atoms with Crippen molar-refractivity contribution in [1.82, 2.24) is 15.1 Å². The lowest BCUT2D eigenvalue weighted by atomic mass is 9.91. The number of guanidine groups is 1. The minimum Gasteiger partial charge on any atom is -0.381 e. The third kappa shape index (κ3) is 4.89. The van der Waals surface area contributed by atoms with Gasteiger partial charge in [0.05, 0.1) is 0 Å². The molecule has 5 unspecified atom stereocenters. The van der Waals surface area contributed by atoms with Crippen molar-refractivity contribution in [3.63, 3.8) is 0 Å². The molecule has 2 saturated carbocycles. The molecule has 2 heterocycles. The number of fused-ring (bicyclic) bond motifs is 2. The number of likely N-dealkylation sites (tertiary alicyclic amines) is 1. The second kappa shape index (κ2) is 9.29. The van der Waals surface area contributed by atoms with Crippen molar-refractivity contribution in [2.24, 2.45) is 28.7 Å². The molecule has 5 atom stereocenters. The van der Waals surface area contributed by atoms with E-state index in [4.69, 9.17) is 9.73 Å². The van der Waals surface area contributed by atoms with Crippen molar-refractivity contribution in [2.75, 3.05) is 46.9 Å². The molecule has 2 aliphatic heterocycles. The molecule has 0 aromatic heterocycles. The molecule has 2 saturated heterocycles. The molecule has 0 radical (unpaired) electrons. The van der Waals surface area contributed by atoms with Gasteiger partial charge < -0.3 is 19.9 Å². The Hall–Kier alpha value is -0.570. The molecule has 27 heavy (non-hydrogen) atoms. The minimum absolute atomic E-state index is 0. The number of hydrogen-bond donors (Lipinski definition) is 1. The molecule has 4 aliphatic rings. The molecule has 4 rings (SSSR count). The first-order valence-corrected chi connectivity index (χ1v) is 10.4. The average molecular weight is 490 g/mol. The number of aliphatic imine (C=N–C) groups is 1. The number of ether oxygens (including phenoxy) is 1. The number of carbonyl (C=O) groups excluding carboxylic acids is 1. The summed E-state index contributed by atoms with van der Waals surface area (Å²) in [5.41, 5.74) is 0. The predicted molar refractivity (Wildman–Crippen MR) is 117 cm³/mol. The number of carbonyl (C=O) groups is 1. The summed E-state index contributed by atoms with van der Waals surface area (Å²) in [5, 5.41) is 3.77. The van der Waals surface area contributed by atoms with Gasteiger partial charge in [0.15, 0.2) is 5.96 Å². The molecule has 1 amide bonds. The highest BCUT2D eigenvalue weighted by Crippen LogP contribution is 2.44. The maximum absolute atomic E-state index is 12.1. The van der Waals surface area contributed by atoms with Crippen LogP contribution in [0.2, 0.25) is 0 Å². The lowest BCUT2D eigenvalue weighted by Gasteiger charge is -2.30. The van der Waals surface area contributed by atoms with E-state index in [1.165, 1.54) is 38.5 Å². The quantitative estimate of drug-likeness (QED) is 0.373. The summed E-state index contributed by atoms with van der Waals surface area (Å²) in [6.07, 6.45) is 7.83. The van der Waals surface area contributed by atoms with E-state index in [1.54, 1.807) is 19.0 Å². The summed E-state index contributed by atoms with van der Waals surface area (Å²) in [7, 11) is 3.60. The number of likely N-dealkylation sites (N-methyl/N-ethyl adjacent to an activating group) is 1. The van der Waals surface area contributed by atoms with Crippen molar-refractivity contribution >= 4 is 35.8 Å². The molecule has 0 aromatic carbocycles. The molecule has 7 heteroatoms. The second-order valence-corrected chi connectivity index (χ2v) is 8.97. The lowest BCUT2D eigenvalue weighted by molar-refractivity contribution is -0.127. The highest BCUT2D eigenvalue weighted by molar-refractivity contribution is 14.0. The van der Waals surface area contributed by atoms with Gasteiger partial charge in [-0.2, -0.15) is 0 Å². The van der Waals surface area contributed by atoms with Gasteiger partial charge in [-0.15, -0.1) is 24.0 Å². The normalized spacial score (nSPS) is 35.4. The lowest BCUT2D eigenvalue weighted by Crippen LogP contribution is -2.47. The summed E-state index contributed by atoms with van der Waals surface area (Å²) in [6, 6.07) is 0.552. The van der Waals surface area contributed by atoms with Crippen LogP contribution >= 0.6 is 24.0 Å². The first kappa shape index (κ1) is 21.1. The van der Waals surface area contributed by atoms with Crippen molar-refractivity contribution in [2.45, 2.75) is 44.6 Å². The Morgan fingerprint density at radius 3 is 2.63 bits per heavy atom. The zero-order chi connectivity index (χ0) is 18.1.